The predicted molar refractivity (Wildman–Crippen MR) is 143 cm³/mol. The van der Waals surface area contributed by atoms with Crippen LogP contribution in [0.25, 0.3) is 0 Å². The van der Waals surface area contributed by atoms with Crippen molar-refractivity contribution in [1.29, 1.82) is 0 Å². The Balaban J connectivity index is 2.17. The highest BCUT2D eigenvalue weighted by atomic mass is 16.6. The molecule has 1 aromatic carbocycles. The number of nitro benzene ring substituents is 1. The van der Waals surface area contributed by atoms with E-state index in [2.05, 4.69) is 12.2 Å². The van der Waals surface area contributed by atoms with E-state index in [4.69, 9.17) is 0 Å². The molecule has 0 heterocycles. The Kier molecular flexibility index (Phi) is 17.0. The summed E-state index contributed by atoms with van der Waals surface area (Å²) in [4.78, 5) is 34.0. The van der Waals surface area contributed by atoms with Gasteiger partial charge in [-0.1, -0.05) is 110 Å². The second-order valence-electron chi connectivity index (χ2n) is 9.83. The zero-order valence-corrected chi connectivity index (χ0v) is 22.0. The Morgan fingerprint density at radius 2 is 1.33 bits per heavy atom. The molecule has 0 radical (unpaired) electrons. The number of phenols is 1. The summed E-state index contributed by atoms with van der Waals surface area (Å²) in [5.74, 6) is -2.69. The molecule has 0 saturated heterocycles. The topological polar surface area (TPSA) is 130 Å². The summed E-state index contributed by atoms with van der Waals surface area (Å²) in [6.45, 7) is 2.25. The number of phenolic OH excluding ortho intramolecular Hbond substituents is 1. The molecular formula is C28H46N2O6. The number of rotatable bonds is 22. The van der Waals surface area contributed by atoms with Crippen molar-refractivity contribution in [2.75, 3.05) is 5.32 Å². The number of nitrogens with zero attached hydrogens (tertiary/aromatic N) is 1. The molecule has 1 amide bonds. The number of hydrogen-bond donors (Lipinski definition) is 3. The second-order valence-corrected chi connectivity index (χ2v) is 9.83. The number of carboxylic acid groups (broad SMARTS) is 1. The number of anilines is 1. The molecule has 0 bridgehead atoms. The van der Waals surface area contributed by atoms with Crippen molar-refractivity contribution in [3.63, 3.8) is 0 Å². The summed E-state index contributed by atoms with van der Waals surface area (Å²) in [6.07, 6.45) is 20.1. The van der Waals surface area contributed by atoms with Gasteiger partial charge in [-0.15, -0.1) is 0 Å². The molecule has 0 aromatic heterocycles. The van der Waals surface area contributed by atoms with Crippen molar-refractivity contribution in [3.05, 3.63) is 28.3 Å². The van der Waals surface area contributed by atoms with E-state index in [1.165, 1.54) is 89.2 Å². The number of aliphatic carboxylic acids is 1. The number of aromatic hydroxyl groups is 1. The van der Waals surface area contributed by atoms with Crippen molar-refractivity contribution in [3.8, 4) is 5.75 Å². The van der Waals surface area contributed by atoms with Gasteiger partial charge in [-0.25, -0.2) is 0 Å². The van der Waals surface area contributed by atoms with Gasteiger partial charge in [0.1, 0.15) is 5.75 Å². The van der Waals surface area contributed by atoms with Crippen molar-refractivity contribution in [2.24, 2.45) is 5.92 Å². The molecule has 0 saturated carbocycles. The molecule has 204 valence electrons. The van der Waals surface area contributed by atoms with Crippen LogP contribution < -0.4 is 5.32 Å². The summed E-state index contributed by atoms with van der Waals surface area (Å²) in [5.41, 5.74) is -0.256. The molecule has 0 aliphatic rings. The van der Waals surface area contributed by atoms with E-state index >= 15 is 0 Å². The van der Waals surface area contributed by atoms with Crippen LogP contribution in [0.1, 0.15) is 122 Å². The molecule has 0 aliphatic carbocycles. The number of carbonyl (C=O) groups is 2. The first-order valence-electron chi connectivity index (χ1n) is 13.8. The number of nitrogens with one attached hydrogen (secondary N) is 1. The molecule has 8 heteroatoms. The number of unbranched alkanes of at least 4 members (excludes halogenated alkanes) is 15. The maximum absolute atomic E-state index is 12.6. The van der Waals surface area contributed by atoms with Crippen LogP contribution in [-0.2, 0) is 9.59 Å². The minimum Gasteiger partial charge on any atom is -0.506 e. The van der Waals surface area contributed by atoms with E-state index in [9.17, 15) is 29.9 Å². The fourth-order valence-electron chi connectivity index (χ4n) is 4.45. The second kappa shape index (κ2) is 19.5. The molecule has 0 spiro atoms. The number of carboxylic acids is 1. The molecule has 1 atom stereocenters. The number of hydrogen-bond acceptors (Lipinski definition) is 5. The Morgan fingerprint density at radius 3 is 1.75 bits per heavy atom. The maximum Gasteiger partial charge on any atom is 0.304 e. The first-order valence-corrected chi connectivity index (χ1v) is 13.8. The van der Waals surface area contributed by atoms with Gasteiger partial charge >= 0.3 is 5.97 Å². The fourth-order valence-corrected chi connectivity index (χ4v) is 4.45. The van der Waals surface area contributed by atoms with E-state index in [0.29, 0.717) is 6.42 Å². The zero-order chi connectivity index (χ0) is 26.6. The SMILES string of the molecule is CCCCCCCCCCCCCCCCCC[C@H](CC(=O)O)C(=O)Nc1ccc([N+](=O)[O-])cc1O. The van der Waals surface area contributed by atoms with E-state index in [1.54, 1.807) is 0 Å². The highest BCUT2D eigenvalue weighted by Crippen LogP contribution is 2.29. The summed E-state index contributed by atoms with van der Waals surface area (Å²) >= 11 is 0. The minimum absolute atomic E-state index is 0.0352. The fraction of sp³-hybridized carbons (Fsp3) is 0.714. The third kappa shape index (κ3) is 14.7. The smallest absolute Gasteiger partial charge is 0.304 e. The average Bonchev–Trinajstić information content (AvgIpc) is 2.83. The lowest BCUT2D eigenvalue weighted by atomic mass is 9.96. The van der Waals surface area contributed by atoms with Gasteiger partial charge in [0.05, 0.1) is 23.1 Å². The summed E-state index contributed by atoms with van der Waals surface area (Å²) in [6, 6.07) is 3.38. The van der Waals surface area contributed by atoms with Crippen LogP contribution >= 0.6 is 0 Å². The lowest BCUT2D eigenvalue weighted by molar-refractivity contribution is -0.384. The van der Waals surface area contributed by atoms with E-state index in [-0.39, 0.29) is 17.8 Å². The van der Waals surface area contributed by atoms with Crippen molar-refractivity contribution >= 4 is 23.3 Å². The van der Waals surface area contributed by atoms with Gasteiger partial charge in [0, 0.05) is 12.0 Å². The first kappa shape index (κ1) is 31.4. The third-order valence-corrected chi connectivity index (χ3v) is 6.65. The molecule has 0 aliphatic heterocycles. The molecule has 36 heavy (non-hydrogen) atoms. The Hall–Kier alpha value is -2.64. The lowest BCUT2D eigenvalue weighted by Crippen LogP contribution is -2.25. The largest absolute Gasteiger partial charge is 0.506 e. The van der Waals surface area contributed by atoms with Crippen molar-refractivity contribution < 1.29 is 24.7 Å². The van der Waals surface area contributed by atoms with Crippen molar-refractivity contribution in [1.82, 2.24) is 0 Å². The number of amides is 1. The molecule has 0 unspecified atom stereocenters. The number of non-ortho nitro benzene ring substituents is 1. The number of benzene rings is 1. The highest BCUT2D eigenvalue weighted by Gasteiger charge is 2.23. The van der Waals surface area contributed by atoms with E-state index in [0.717, 1.165) is 31.7 Å². The number of nitro groups is 1. The zero-order valence-electron chi connectivity index (χ0n) is 22.0. The predicted octanol–water partition coefficient (Wildman–Crippen LogP) is 7.98. The van der Waals surface area contributed by atoms with Crippen LogP contribution in [0.15, 0.2) is 18.2 Å². The van der Waals surface area contributed by atoms with Gasteiger partial charge in [0.15, 0.2) is 0 Å². The summed E-state index contributed by atoms with van der Waals surface area (Å²) in [5, 5.41) is 32.4. The molecule has 1 aromatic rings. The average molecular weight is 507 g/mol. The Bertz CT molecular complexity index is 783. The van der Waals surface area contributed by atoms with Gasteiger partial charge < -0.3 is 15.5 Å². The molecule has 1 rings (SSSR count). The van der Waals surface area contributed by atoms with Gasteiger partial charge in [0.25, 0.3) is 5.69 Å². The van der Waals surface area contributed by atoms with E-state index < -0.39 is 28.5 Å². The van der Waals surface area contributed by atoms with Crippen LogP contribution in [0.2, 0.25) is 0 Å². The third-order valence-electron chi connectivity index (χ3n) is 6.65. The quantitative estimate of drug-likeness (QED) is 0.0632. The maximum atomic E-state index is 12.6. The Labute approximate surface area is 216 Å². The molecule has 3 N–H and O–H groups in total. The molecule has 8 nitrogen and oxygen atoms in total. The molecular weight excluding hydrogens is 460 g/mol. The van der Waals surface area contributed by atoms with Gasteiger partial charge in [0.2, 0.25) is 5.91 Å². The summed E-state index contributed by atoms with van der Waals surface area (Å²) in [7, 11) is 0. The standard InChI is InChI=1S/C28H46N2O6/c1-2-3-4-5-6-7-8-9-10-11-12-13-14-15-16-17-18-23(21-27(32)33)28(34)29-25-20-19-24(30(35)36)22-26(25)31/h19-20,22-23,31H,2-18,21H2,1H3,(H,29,34)(H,32,33)/t23-/m1/s1. The summed E-state index contributed by atoms with van der Waals surface area (Å²) < 4.78 is 0. The van der Waals surface area contributed by atoms with Gasteiger partial charge in [-0.2, -0.15) is 0 Å². The van der Waals surface area contributed by atoms with Crippen LogP contribution in [-0.4, -0.2) is 27.0 Å². The highest BCUT2D eigenvalue weighted by molar-refractivity contribution is 5.95. The van der Waals surface area contributed by atoms with Crippen LogP contribution in [0, 0.1) is 16.0 Å². The number of carbonyl (C=O) groups excluding carboxylic acids is 1. The van der Waals surface area contributed by atoms with E-state index in [1.807, 2.05) is 0 Å². The van der Waals surface area contributed by atoms with Gasteiger partial charge in [-0.05, 0) is 12.5 Å². The Morgan fingerprint density at radius 1 is 0.861 bits per heavy atom. The minimum atomic E-state index is -1.06. The van der Waals surface area contributed by atoms with Crippen LogP contribution in [0.4, 0.5) is 11.4 Å². The first-order chi connectivity index (χ1) is 17.3. The van der Waals surface area contributed by atoms with Crippen molar-refractivity contribution in [2.45, 2.75) is 122 Å². The van der Waals surface area contributed by atoms with Gasteiger partial charge in [-0.3, -0.25) is 19.7 Å². The van der Waals surface area contributed by atoms with Crippen LogP contribution in [0.3, 0.4) is 0 Å². The monoisotopic (exact) mass is 506 g/mol. The van der Waals surface area contributed by atoms with Crippen LogP contribution in [0.5, 0.6) is 5.75 Å². The molecule has 0 fully saturated rings. The normalized spacial score (nSPS) is 11.8. The lowest BCUT2D eigenvalue weighted by Gasteiger charge is -2.15.